The molecular weight excluding hydrogens is 367 g/mol. The smallest absolute Gasteiger partial charge is 0.178 e. The quantitative estimate of drug-likeness (QED) is 0.710. The van der Waals surface area contributed by atoms with Gasteiger partial charge in [-0.05, 0) is 51.1 Å². The van der Waals surface area contributed by atoms with Crippen LogP contribution in [-0.4, -0.2) is 48.8 Å². The molecule has 7 heteroatoms. The highest BCUT2D eigenvalue weighted by Gasteiger charge is 2.31. The van der Waals surface area contributed by atoms with Crippen LogP contribution in [-0.2, 0) is 16.4 Å². The molecule has 0 radical (unpaired) electrons. The Morgan fingerprint density at radius 2 is 2.04 bits per heavy atom. The molecule has 2 aromatic rings. The van der Waals surface area contributed by atoms with Crippen LogP contribution < -0.4 is 0 Å². The number of carbonyl (C=O) groups is 1. The summed E-state index contributed by atoms with van der Waals surface area (Å²) in [5.41, 5.74) is 3.17. The molecule has 0 N–H and O–H groups in total. The molecule has 1 saturated heterocycles. The van der Waals surface area contributed by atoms with Crippen LogP contribution in [0.4, 0.5) is 4.39 Å². The van der Waals surface area contributed by atoms with Crippen LogP contribution in [0.15, 0.2) is 30.3 Å². The minimum atomic E-state index is -2.99. The SMILES string of the molecule is Cc1cc(C(=O)CN(C)Cc2cccc(F)c2)c(C)n1C1CCS(=O)(=O)C1. The predicted octanol–water partition coefficient (Wildman–Crippen LogP) is 2.92. The molecule has 1 aromatic carbocycles. The van der Waals surface area contributed by atoms with E-state index >= 15 is 0 Å². The van der Waals surface area contributed by atoms with Crippen LogP contribution in [0.5, 0.6) is 0 Å². The number of aromatic nitrogens is 1. The van der Waals surface area contributed by atoms with E-state index in [2.05, 4.69) is 0 Å². The Morgan fingerprint density at radius 1 is 1.30 bits per heavy atom. The molecule has 2 heterocycles. The van der Waals surface area contributed by atoms with Crippen LogP contribution in [0, 0.1) is 19.7 Å². The second kappa shape index (κ2) is 7.56. The molecule has 0 aliphatic carbocycles. The number of ketones is 1. The van der Waals surface area contributed by atoms with Crippen molar-refractivity contribution in [2.45, 2.75) is 32.9 Å². The average Bonchev–Trinajstić information content (AvgIpc) is 3.06. The number of likely N-dealkylation sites (N-methyl/N-ethyl adjacent to an activating group) is 1. The summed E-state index contributed by atoms with van der Waals surface area (Å²) in [4.78, 5) is 14.6. The molecule has 1 aliphatic heterocycles. The topological polar surface area (TPSA) is 59.4 Å². The summed E-state index contributed by atoms with van der Waals surface area (Å²) in [7, 11) is -1.16. The largest absolute Gasteiger partial charge is 0.344 e. The van der Waals surface area contributed by atoms with Gasteiger partial charge in [0.15, 0.2) is 15.6 Å². The molecule has 1 aliphatic rings. The highest BCUT2D eigenvalue weighted by atomic mass is 32.2. The van der Waals surface area contributed by atoms with Gasteiger partial charge in [-0.2, -0.15) is 0 Å². The fourth-order valence-corrected chi connectivity index (χ4v) is 5.63. The number of hydrogen-bond acceptors (Lipinski definition) is 4. The van der Waals surface area contributed by atoms with Gasteiger partial charge in [-0.15, -0.1) is 0 Å². The second-order valence-corrected chi connectivity index (χ2v) is 9.67. The van der Waals surface area contributed by atoms with Crippen LogP contribution in [0.3, 0.4) is 0 Å². The van der Waals surface area contributed by atoms with Crippen molar-refractivity contribution in [1.82, 2.24) is 9.47 Å². The van der Waals surface area contributed by atoms with Crippen molar-refractivity contribution in [3.63, 3.8) is 0 Å². The summed E-state index contributed by atoms with van der Waals surface area (Å²) in [6, 6.07) is 8.10. The molecule has 1 atom stereocenters. The summed E-state index contributed by atoms with van der Waals surface area (Å²) in [5.74, 6) is 0.0292. The second-order valence-electron chi connectivity index (χ2n) is 7.44. The molecule has 5 nitrogen and oxygen atoms in total. The summed E-state index contributed by atoms with van der Waals surface area (Å²) in [6.07, 6.45) is 0.589. The van der Waals surface area contributed by atoms with Gasteiger partial charge in [0.05, 0.1) is 18.1 Å². The van der Waals surface area contributed by atoms with E-state index in [1.54, 1.807) is 6.07 Å². The van der Waals surface area contributed by atoms with E-state index in [0.717, 1.165) is 17.0 Å². The van der Waals surface area contributed by atoms with Gasteiger partial charge < -0.3 is 4.57 Å². The Hall–Kier alpha value is -1.99. The molecule has 1 aromatic heterocycles. The van der Waals surface area contributed by atoms with E-state index < -0.39 is 9.84 Å². The number of halogens is 1. The zero-order valence-electron chi connectivity index (χ0n) is 15.9. The molecule has 0 amide bonds. The Balaban J connectivity index is 1.73. The summed E-state index contributed by atoms with van der Waals surface area (Å²) in [5, 5.41) is 0. The van der Waals surface area contributed by atoms with Gasteiger partial charge in [0.1, 0.15) is 5.82 Å². The number of benzene rings is 1. The molecule has 0 bridgehead atoms. The molecule has 3 rings (SSSR count). The van der Waals surface area contributed by atoms with E-state index in [-0.39, 0.29) is 35.7 Å². The molecule has 0 saturated carbocycles. The standard InChI is InChI=1S/C20H25FN2O3S/c1-14-9-19(15(2)23(14)18-7-8-27(25,26)13-18)20(24)12-22(3)11-16-5-4-6-17(21)10-16/h4-6,9-10,18H,7-8,11-13H2,1-3H3. The van der Waals surface area contributed by atoms with Gasteiger partial charge in [-0.1, -0.05) is 12.1 Å². The van der Waals surface area contributed by atoms with E-state index in [0.29, 0.717) is 18.5 Å². The van der Waals surface area contributed by atoms with E-state index in [1.165, 1.54) is 12.1 Å². The highest BCUT2D eigenvalue weighted by Crippen LogP contribution is 2.29. The van der Waals surface area contributed by atoms with E-state index in [4.69, 9.17) is 0 Å². The minimum absolute atomic E-state index is 0.0193. The zero-order valence-corrected chi connectivity index (χ0v) is 16.7. The average molecular weight is 392 g/mol. The minimum Gasteiger partial charge on any atom is -0.344 e. The van der Waals surface area contributed by atoms with Crippen LogP contribution in [0.1, 0.15) is 39.8 Å². The van der Waals surface area contributed by atoms with Crippen molar-refractivity contribution in [2.24, 2.45) is 0 Å². The predicted molar refractivity (Wildman–Crippen MR) is 103 cm³/mol. The first-order chi connectivity index (χ1) is 12.7. The number of hydrogen-bond donors (Lipinski definition) is 0. The lowest BCUT2D eigenvalue weighted by molar-refractivity contribution is 0.0942. The maximum Gasteiger partial charge on any atom is 0.178 e. The summed E-state index contributed by atoms with van der Waals surface area (Å²) < 4.78 is 38.9. The third-order valence-electron chi connectivity index (χ3n) is 5.11. The lowest BCUT2D eigenvalue weighted by Crippen LogP contribution is -2.26. The molecule has 1 unspecified atom stereocenters. The molecule has 0 spiro atoms. The number of Topliss-reactive ketones (excluding diaryl/α,β-unsaturated/α-hetero) is 1. The Morgan fingerprint density at radius 3 is 2.67 bits per heavy atom. The van der Waals surface area contributed by atoms with Crippen molar-refractivity contribution in [3.8, 4) is 0 Å². The fraction of sp³-hybridized carbons (Fsp3) is 0.450. The highest BCUT2D eigenvalue weighted by molar-refractivity contribution is 7.91. The van der Waals surface area contributed by atoms with Crippen LogP contribution >= 0.6 is 0 Å². The van der Waals surface area contributed by atoms with Gasteiger partial charge in [0.2, 0.25) is 0 Å². The maximum atomic E-state index is 13.3. The number of carbonyl (C=O) groups excluding carboxylic acids is 1. The van der Waals surface area contributed by atoms with E-state index in [1.807, 2.05) is 42.5 Å². The van der Waals surface area contributed by atoms with Crippen molar-refractivity contribution < 1.29 is 17.6 Å². The summed E-state index contributed by atoms with van der Waals surface area (Å²) in [6.45, 7) is 4.47. The Bertz CT molecular complexity index is 966. The Kier molecular flexibility index (Phi) is 5.53. The molecular formula is C20H25FN2O3S. The monoisotopic (exact) mass is 392 g/mol. The van der Waals surface area contributed by atoms with Gasteiger partial charge in [-0.25, -0.2) is 12.8 Å². The first-order valence-corrected chi connectivity index (χ1v) is 10.8. The van der Waals surface area contributed by atoms with Crippen LogP contribution in [0.2, 0.25) is 0 Å². The third-order valence-corrected chi connectivity index (χ3v) is 6.86. The van der Waals surface area contributed by atoms with Crippen molar-refractivity contribution in [2.75, 3.05) is 25.1 Å². The normalized spacial score (nSPS) is 18.9. The lowest BCUT2D eigenvalue weighted by atomic mass is 10.1. The van der Waals surface area contributed by atoms with Gasteiger partial charge in [0.25, 0.3) is 0 Å². The van der Waals surface area contributed by atoms with Crippen molar-refractivity contribution >= 4 is 15.6 Å². The first-order valence-electron chi connectivity index (χ1n) is 9.01. The number of nitrogens with zero attached hydrogens (tertiary/aromatic N) is 2. The lowest BCUT2D eigenvalue weighted by Gasteiger charge is -2.17. The number of aryl methyl sites for hydroxylation is 1. The molecule has 27 heavy (non-hydrogen) atoms. The third kappa shape index (κ3) is 4.47. The maximum absolute atomic E-state index is 13.3. The number of sulfone groups is 1. The summed E-state index contributed by atoms with van der Waals surface area (Å²) >= 11 is 0. The number of rotatable bonds is 6. The van der Waals surface area contributed by atoms with Crippen LogP contribution in [0.25, 0.3) is 0 Å². The van der Waals surface area contributed by atoms with Crippen molar-refractivity contribution in [3.05, 3.63) is 58.7 Å². The van der Waals surface area contributed by atoms with Gasteiger partial charge in [0, 0.05) is 29.5 Å². The van der Waals surface area contributed by atoms with Gasteiger partial charge >= 0.3 is 0 Å². The van der Waals surface area contributed by atoms with E-state index in [9.17, 15) is 17.6 Å². The molecule has 1 fully saturated rings. The molecule has 146 valence electrons. The van der Waals surface area contributed by atoms with Gasteiger partial charge in [-0.3, -0.25) is 9.69 Å². The van der Waals surface area contributed by atoms with Crippen molar-refractivity contribution in [1.29, 1.82) is 0 Å². The first kappa shape index (κ1) is 19.8. The fourth-order valence-electron chi connectivity index (χ4n) is 3.93. The Labute approximate surface area is 159 Å². The zero-order chi connectivity index (χ0) is 19.8.